The van der Waals surface area contributed by atoms with Crippen LogP contribution in [0.1, 0.15) is 36.2 Å². The van der Waals surface area contributed by atoms with Crippen molar-refractivity contribution in [2.75, 3.05) is 7.05 Å². The van der Waals surface area contributed by atoms with E-state index in [1.807, 2.05) is 55.5 Å². The van der Waals surface area contributed by atoms with Gasteiger partial charge in [-0.1, -0.05) is 48.9 Å². The molecule has 2 atom stereocenters. The summed E-state index contributed by atoms with van der Waals surface area (Å²) in [5.74, 6) is -0.136. The molecule has 0 aliphatic carbocycles. The smallest absolute Gasteiger partial charge is 0.328 e. The average Bonchev–Trinajstić information content (AvgIpc) is 3.16. The molecule has 0 bridgehead atoms. The maximum absolute atomic E-state index is 13.2. The summed E-state index contributed by atoms with van der Waals surface area (Å²) < 4.78 is 0. The molecule has 1 N–H and O–H groups in total. The van der Waals surface area contributed by atoms with Gasteiger partial charge in [-0.2, -0.15) is 0 Å². The molecule has 1 aromatic heterocycles. The number of imide groups is 1. The van der Waals surface area contributed by atoms with E-state index in [2.05, 4.69) is 4.98 Å². The molecule has 3 amide bonds. The quantitative estimate of drug-likeness (QED) is 0.651. The number of fused-ring (bicyclic) bond motifs is 4. The molecule has 2 aromatic carbocycles. The van der Waals surface area contributed by atoms with Crippen molar-refractivity contribution in [1.29, 1.82) is 0 Å². The molecule has 142 valence electrons. The van der Waals surface area contributed by atoms with Crippen molar-refractivity contribution in [3.05, 3.63) is 70.4 Å². The highest BCUT2D eigenvalue weighted by atomic mass is 35.5. The summed E-state index contributed by atoms with van der Waals surface area (Å²) in [6.07, 6.45) is 1.04. The van der Waals surface area contributed by atoms with Crippen molar-refractivity contribution < 1.29 is 9.59 Å². The highest BCUT2D eigenvalue weighted by Crippen LogP contribution is 2.49. The summed E-state index contributed by atoms with van der Waals surface area (Å²) in [4.78, 5) is 33.0. The summed E-state index contributed by atoms with van der Waals surface area (Å²) in [5, 5.41) is 1.68. The van der Waals surface area contributed by atoms with Gasteiger partial charge in [-0.15, -0.1) is 0 Å². The van der Waals surface area contributed by atoms with Crippen LogP contribution in [0.4, 0.5) is 4.79 Å². The van der Waals surface area contributed by atoms with Crippen LogP contribution in [0.2, 0.25) is 5.02 Å². The number of carbonyl (C=O) groups excluding carboxylic acids is 2. The summed E-state index contributed by atoms with van der Waals surface area (Å²) in [5.41, 5.74) is 3.10. The molecule has 0 saturated carbocycles. The van der Waals surface area contributed by atoms with Gasteiger partial charge in [-0.3, -0.25) is 14.6 Å². The number of aromatic amines is 1. The first-order valence-corrected chi connectivity index (χ1v) is 9.82. The first-order valence-electron chi connectivity index (χ1n) is 9.44. The zero-order valence-electron chi connectivity index (χ0n) is 15.7. The summed E-state index contributed by atoms with van der Waals surface area (Å²) in [7, 11) is 1.58. The fourth-order valence-corrected chi connectivity index (χ4v) is 5.02. The number of nitrogens with zero attached hydrogens (tertiary/aromatic N) is 2. The third-order valence-corrected chi connectivity index (χ3v) is 6.49. The Morgan fingerprint density at radius 2 is 1.93 bits per heavy atom. The van der Waals surface area contributed by atoms with E-state index >= 15 is 0 Å². The van der Waals surface area contributed by atoms with Gasteiger partial charge in [0.05, 0.1) is 0 Å². The van der Waals surface area contributed by atoms with Crippen LogP contribution in [0.3, 0.4) is 0 Å². The second kappa shape index (κ2) is 5.85. The normalized spacial score (nSPS) is 24.0. The molecule has 2 aliphatic rings. The minimum atomic E-state index is -0.878. The van der Waals surface area contributed by atoms with Crippen molar-refractivity contribution in [1.82, 2.24) is 14.8 Å². The van der Waals surface area contributed by atoms with Gasteiger partial charge in [0.1, 0.15) is 11.6 Å². The van der Waals surface area contributed by atoms with E-state index in [0.717, 1.165) is 27.7 Å². The lowest BCUT2D eigenvalue weighted by Gasteiger charge is -2.44. The van der Waals surface area contributed by atoms with E-state index in [9.17, 15) is 9.59 Å². The molecule has 3 aromatic rings. The van der Waals surface area contributed by atoms with E-state index in [-0.39, 0.29) is 18.0 Å². The number of hydrogen-bond acceptors (Lipinski definition) is 2. The summed E-state index contributed by atoms with van der Waals surface area (Å²) in [6.45, 7) is 1.98. The lowest BCUT2D eigenvalue weighted by Crippen LogP contribution is -2.55. The minimum Gasteiger partial charge on any atom is -0.356 e. The Kier molecular flexibility index (Phi) is 3.62. The molecule has 2 aliphatic heterocycles. The summed E-state index contributed by atoms with van der Waals surface area (Å²) >= 11 is 6.27. The van der Waals surface area contributed by atoms with E-state index < -0.39 is 5.54 Å². The Morgan fingerprint density at radius 3 is 2.64 bits per heavy atom. The molecule has 1 fully saturated rings. The number of H-pyrrole nitrogens is 1. The second-order valence-electron chi connectivity index (χ2n) is 7.60. The average molecular weight is 394 g/mol. The van der Waals surface area contributed by atoms with Crippen LogP contribution in [0.5, 0.6) is 0 Å². The molecule has 6 heteroatoms. The fourth-order valence-electron chi connectivity index (χ4n) is 4.85. The number of amides is 3. The lowest BCUT2D eigenvalue weighted by atomic mass is 9.78. The third-order valence-electron chi connectivity index (χ3n) is 6.26. The molecule has 5 rings (SSSR count). The zero-order chi connectivity index (χ0) is 19.6. The Morgan fingerprint density at radius 1 is 1.18 bits per heavy atom. The van der Waals surface area contributed by atoms with Gasteiger partial charge in [-0.25, -0.2) is 4.79 Å². The van der Waals surface area contributed by atoms with Crippen molar-refractivity contribution in [3.8, 4) is 0 Å². The molecule has 28 heavy (non-hydrogen) atoms. The van der Waals surface area contributed by atoms with Crippen molar-refractivity contribution in [2.24, 2.45) is 0 Å². The van der Waals surface area contributed by atoms with Gasteiger partial charge >= 0.3 is 6.03 Å². The van der Waals surface area contributed by atoms with Crippen molar-refractivity contribution in [3.63, 3.8) is 0 Å². The Labute approximate surface area is 167 Å². The number of carbonyl (C=O) groups is 2. The van der Waals surface area contributed by atoms with Gasteiger partial charge in [0.2, 0.25) is 0 Å². The molecule has 3 heterocycles. The molecule has 1 saturated heterocycles. The fraction of sp³-hybridized carbons (Fsp3) is 0.273. The van der Waals surface area contributed by atoms with Gasteiger partial charge < -0.3 is 4.98 Å². The topological polar surface area (TPSA) is 56.4 Å². The number of rotatable bonds is 2. The van der Waals surface area contributed by atoms with E-state index in [0.29, 0.717) is 17.9 Å². The Balaban J connectivity index is 1.85. The number of nitrogens with one attached hydrogen (secondary N) is 1. The number of halogens is 1. The van der Waals surface area contributed by atoms with Crippen molar-refractivity contribution in [2.45, 2.75) is 31.3 Å². The largest absolute Gasteiger partial charge is 0.356 e. The Bertz CT molecular complexity index is 1120. The predicted molar refractivity (Wildman–Crippen MR) is 108 cm³/mol. The number of urea groups is 1. The standard InChI is InChI=1S/C22H20ClN3O2/c1-3-22-12-16-15-11-14(23)9-10-17(15)24-18(16)19(13-7-5-4-6-8-13)26(22)21(28)25(2)20(22)27/h4-11,19,24H,3,12H2,1-2H3. The number of hydrogen-bond donors (Lipinski definition) is 1. The number of likely N-dealkylation sites (N-methyl/N-ethyl adjacent to an activating group) is 1. The SMILES string of the molecule is CCC12Cc3c([nH]c4ccc(Cl)cc34)C(c3ccccc3)N1C(=O)N(C)C2=O. The van der Waals surface area contributed by atoms with Gasteiger partial charge in [0.25, 0.3) is 5.91 Å². The van der Waals surface area contributed by atoms with Crippen LogP contribution in [-0.4, -0.2) is 39.3 Å². The van der Waals surface area contributed by atoms with Crippen LogP contribution in [0.25, 0.3) is 10.9 Å². The Hall–Kier alpha value is -2.79. The zero-order valence-corrected chi connectivity index (χ0v) is 16.5. The monoisotopic (exact) mass is 393 g/mol. The van der Waals surface area contributed by atoms with E-state index in [4.69, 9.17) is 11.6 Å². The van der Waals surface area contributed by atoms with Crippen molar-refractivity contribution >= 4 is 34.4 Å². The van der Waals surface area contributed by atoms with Crippen LogP contribution in [-0.2, 0) is 11.2 Å². The lowest BCUT2D eigenvalue weighted by molar-refractivity contribution is -0.133. The third kappa shape index (κ3) is 2.08. The van der Waals surface area contributed by atoms with Gasteiger partial charge in [0.15, 0.2) is 0 Å². The molecular formula is C22H20ClN3O2. The highest BCUT2D eigenvalue weighted by molar-refractivity contribution is 6.31. The maximum atomic E-state index is 13.2. The number of benzene rings is 2. The molecule has 5 nitrogen and oxygen atoms in total. The molecule has 0 radical (unpaired) electrons. The van der Waals surface area contributed by atoms with Crippen LogP contribution < -0.4 is 0 Å². The van der Waals surface area contributed by atoms with Gasteiger partial charge in [0, 0.05) is 35.1 Å². The molecular weight excluding hydrogens is 374 g/mol. The summed E-state index contributed by atoms with van der Waals surface area (Å²) in [6, 6.07) is 15.0. The highest BCUT2D eigenvalue weighted by Gasteiger charge is 2.60. The predicted octanol–water partition coefficient (Wildman–Crippen LogP) is 4.51. The maximum Gasteiger partial charge on any atom is 0.328 e. The van der Waals surface area contributed by atoms with E-state index in [1.165, 1.54) is 4.90 Å². The first-order chi connectivity index (χ1) is 13.5. The van der Waals surface area contributed by atoms with Gasteiger partial charge in [-0.05, 0) is 35.7 Å². The molecule has 0 spiro atoms. The molecule has 2 unspecified atom stereocenters. The van der Waals surface area contributed by atoms with E-state index in [1.54, 1.807) is 11.9 Å². The minimum absolute atomic E-state index is 0.136. The second-order valence-corrected chi connectivity index (χ2v) is 8.04. The van der Waals surface area contributed by atoms with Crippen LogP contribution in [0.15, 0.2) is 48.5 Å². The first kappa shape index (κ1) is 17.3. The van der Waals surface area contributed by atoms with Crippen LogP contribution in [0, 0.1) is 0 Å². The number of aromatic nitrogens is 1. The van der Waals surface area contributed by atoms with Crippen LogP contribution >= 0.6 is 11.6 Å².